The van der Waals surface area contributed by atoms with E-state index in [0.717, 1.165) is 37.8 Å². The maximum Gasteiger partial charge on any atom is 0.321 e. The minimum atomic E-state index is -0.0841. The first-order valence-corrected chi connectivity index (χ1v) is 13.0. The van der Waals surface area contributed by atoms with Crippen LogP contribution in [0, 0.1) is 29.1 Å². The molecule has 7 nitrogen and oxygen atoms in total. The average Bonchev–Trinajstić information content (AvgIpc) is 3.24. The van der Waals surface area contributed by atoms with Gasteiger partial charge in [-0.3, -0.25) is 4.79 Å². The number of hydrogen-bond donors (Lipinski definition) is 2. The third kappa shape index (κ3) is 4.11. The first-order valence-electron chi connectivity index (χ1n) is 13.0. The number of hydrogen-bond acceptors (Lipinski definition) is 4. The molecular formula is C27H39N3O4. The van der Waals surface area contributed by atoms with Crippen LogP contribution in [0.15, 0.2) is 30.3 Å². The Morgan fingerprint density at radius 3 is 2.50 bits per heavy atom. The normalized spacial score (nSPS) is 34.4. The van der Waals surface area contributed by atoms with Gasteiger partial charge in [0.15, 0.2) is 0 Å². The van der Waals surface area contributed by atoms with Crippen molar-refractivity contribution in [2.45, 2.75) is 57.6 Å². The Morgan fingerprint density at radius 2 is 1.85 bits per heavy atom. The Hall–Kier alpha value is -2.12. The molecule has 0 aromatic heterocycles. The molecule has 1 spiro atoms. The maximum absolute atomic E-state index is 12.9. The van der Waals surface area contributed by atoms with Crippen LogP contribution in [0.25, 0.3) is 0 Å². The first-order chi connectivity index (χ1) is 16.5. The standard InChI is InChI=1S/C27H39N3O4/c1-18(32)30-17-27(10-12-29(13-11-27)26(33)28-20-6-4-3-5-7-20)25-22-9-8-21(34-2)14-19(22)15-23(25)24(30)16-31/h3-7,19,21-25,31H,8-17H2,1-2H3,(H,28,33)/t19?,21?,22?,23?,24-,25?/m0/s1. The Kier molecular flexibility index (Phi) is 6.60. The van der Waals surface area contributed by atoms with Gasteiger partial charge in [0.2, 0.25) is 5.91 Å². The van der Waals surface area contributed by atoms with Crippen LogP contribution in [0.4, 0.5) is 10.5 Å². The highest BCUT2D eigenvalue weighted by Gasteiger charge is 2.61. The maximum atomic E-state index is 12.9. The van der Waals surface area contributed by atoms with Crippen molar-refractivity contribution < 1.29 is 19.4 Å². The number of likely N-dealkylation sites (tertiary alicyclic amines) is 2. The van der Waals surface area contributed by atoms with E-state index in [1.807, 2.05) is 47.2 Å². The molecule has 5 unspecified atom stereocenters. The van der Waals surface area contributed by atoms with Crippen molar-refractivity contribution in [1.82, 2.24) is 9.80 Å². The summed E-state index contributed by atoms with van der Waals surface area (Å²) < 4.78 is 5.73. The van der Waals surface area contributed by atoms with Crippen LogP contribution in [0.1, 0.15) is 45.4 Å². The molecule has 5 rings (SSSR count). The lowest BCUT2D eigenvalue weighted by Gasteiger charge is -2.58. The van der Waals surface area contributed by atoms with Gasteiger partial charge in [0, 0.05) is 39.4 Å². The summed E-state index contributed by atoms with van der Waals surface area (Å²) in [6.45, 7) is 3.79. The number of carbonyl (C=O) groups is 2. The third-order valence-corrected chi connectivity index (χ3v) is 9.57. The Morgan fingerprint density at radius 1 is 1.12 bits per heavy atom. The largest absolute Gasteiger partial charge is 0.394 e. The molecule has 2 aliphatic carbocycles. The quantitative estimate of drug-likeness (QED) is 0.709. The predicted molar refractivity (Wildman–Crippen MR) is 130 cm³/mol. The minimum Gasteiger partial charge on any atom is -0.394 e. The zero-order valence-electron chi connectivity index (χ0n) is 20.5. The first kappa shape index (κ1) is 23.6. The number of benzene rings is 1. The number of para-hydroxylation sites is 1. The fourth-order valence-electron chi connectivity index (χ4n) is 8.06. The van der Waals surface area contributed by atoms with E-state index in [2.05, 4.69) is 5.32 Å². The molecule has 34 heavy (non-hydrogen) atoms. The fourth-order valence-corrected chi connectivity index (χ4v) is 8.06. The molecule has 6 atom stereocenters. The highest BCUT2D eigenvalue weighted by Crippen LogP contribution is 2.62. The highest BCUT2D eigenvalue weighted by molar-refractivity contribution is 5.89. The van der Waals surface area contributed by atoms with Crippen LogP contribution in [-0.4, -0.2) is 72.3 Å². The van der Waals surface area contributed by atoms with Crippen molar-refractivity contribution in [3.63, 3.8) is 0 Å². The molecule has 2 heterocycles. The van der Waals surface area contributed by atoms with Gasteiger partial charge in [0.05, 0.1) is 18.8 Å². The summed E-state index contributed by atoms with van der Waals surface area (Å²) in [5.74, 6) is 2.13. The second-order valence-electron chi connectivity index (χ2n) is 11.1. The number of methoxy groups -OCH3 is 1. The summed E-state index contributed by atoms with van der Waals surface area (Å²) in [5, 5.41) is 13.4. The SMILES string of the molecule is COC1CCC2C(C1)CC1C2C2(CCN(C(=O)Nc3ccccc3)CC2)CN(C(C)=O)[C@H]1CO. The Bertz CT molecular complexity index is 885. The Labute approximate surface area is 202 Å². The molecule has 7 heteroatoms. The van der Waals surface area contributed by atoms with Gasteiger partial charge >= 0.3 is 6.03 Å². The van der Waals surface area contributed by atoms with Crippen LogP contribution >= 0.6 is 0 Å². The fraction of sp³-hybridized carbons (Fsp3) is 0.704. The molecule has 186 valence electrons. The summed E-state index contributed by atoms with van der Waals surface area (Å²) in [7, 11) is 1.82. The van der Waals surface area contributed by atoms with Gasteiger partial charge in [0.1, 0.15) is 0 Å². The molecular weight excluding hydrogens is 430 g/mol. The van der Waals surface area contributed by atoms with Crippen molar-refractivity contribution in [2.75, 3.05) is 38.7 Å². The molecule has 4 aliphatic rings. The summed E-state index contributed by atoms with van der Waals surface area (Å²) in [6, 6.07) is 9.47. The topological polar surface area (TPSA) is 82.1 Å². The third-order valence-electron chi connectivity index (χ3n) is 9.57. The van der Waals surface area contributed by atoms with E-state index in [1.54, 1.807) is 6.92 Å². The lowest BCUT2D eigenvalue weighted by molar-refractivity contribution is -0.151. The van der Waals surface area contributed by atoms with Crippen molar-refractivity contribution >= 4 is 17.6 Å². The number of carbonyl (C=O) groups excluding carboxylic acids is 2. The molecule has 1 aromatic rings. The molecule has 0 radical (unpaired) electrons. The van der Waals surface area contributed by atoms with E-state index in [0.29, 0.717) is 49.4 Å². The summed E-state index contributed by atoms with van der Waals surface area (Å²) in [4.78, 5) is 29.5. The molecule has 2 N–H and O–H groups in total. The molecule has 1 aromatic carbocycles. The number of fused-ring (bicyclic) bond motifs is 4. The van der Waals surface area contributed by atoms with E-state index in [1.165, 1.54) is 6.42 Å². The Balaban J connectivity index is 1.36. The second-order valence-corrected chi connectivity index (χ2v) is 11.1. The lowest BCUT2D eigenvalue weighted by atomic mass is 9.57. The molecule has 4 fully saturated rings. The smallest absolute Gasteiger partial charge is 0.321 e. The van der Waals surface area contributed by atoms with Crippen LogP contribution in [-0.2, 0) is 9.53 Å². The summed E-state index contributed by atoms with van der Waals surface area (Å²) in [6.07, 6.45) is 6.59. The average molecular weight is 470 g/mol. The molecule has 2 aliphatic heterocycles. The number of anilines is 1. The van der Waals surface area contributed by atoms with Gasteiger partial charge < -0.3 is 25.0 Å². The number of urea groups is 1. The summed E-state index contributed by atoms with van der Waals surface area (Å²) in [5.41, 5.74) is 0.831. The van der Waals surface area contributed by atoms with Crippen molar-refractivity contribution in [1.29, 1.82) is 0 Å². The van der Waals surface area contributed by atoms with Crippen molar-refractivity contribution in [2.24, 2.45) is 29.1 Å². The van der Waals surface area contributed by atoms with Gasteiger partial charge in [-0.15, -0.1) is 0 Å². The van der Waals surface area contributed by atoms with Crippen LogP contribution in [0.3, 0.4) is 0 Å². The number of piperidine rings is 2. The van der Waals surface area contributed by atoms with E-state index in [4.69, 9.17) is 4.74 Å². The molecule has 0 bridgehead atoms. The number of aliphatic hydroxyl groups is 1. The van der Waals surface area contributed by atoms with Gasteiger partial charge in [-0.25, -0.2) is 4.79 Å². The van der Waals surface area contributed by atoms with Crippen LogP contribution < -0.4 is 5.32 Å². The van der Waals surface area contributed by atoms with Crippen LogP contribution in [0.2, 0.25) is 0 Å². The predicted octanol–water partition coefficient (Wildman–Crippen LogP) is 3.59. The van der Waals surface area contributed by atoms with E-state index < -0.39 is 0 Å². The molecule has 2 saturated carbocycles. The monoisotopic (exact) mass is 469 g/mol. The van der Waals surface area contributed by atoms with E-state index in [9.17, 15) is 14.7 Å². The van der Waals surface area contributed by atoms with Gasteiger partial charge in [-0.05, 0) is 79.7 Å². The molecule has 3 amide bonds. The zero-order chi connectivity index (χ0) is 23.9. The number of rotatable bonds is 3. The number of amides is 3. The number of aliphatic hydroxyl groups excluding tert-OH is 1. The van der Waals surface area contributed by atoms with Crippen LogP contribution in [0.5, 0.6) is 0 Å². The number of nitrogens with zero attached hydrogens (tertiary/aromatic N) is 2. The van der Waals surface area contributed by atoms with Crippen molar-refractivity contribution in [3.8, 4) is 0 Å². The van der Waals surface area contributed by atoms with E-state index in [-0.39, 0.29) is 30.0 Å². The second kappa shape index (κ2) is 9.50. The van der Waals surface area contributed by atoms with E-state index >= 15 is 0 Å². The zero-order valence-corrected chi connectivity index (χ0v) is 20.5. The number of nitrogens with one attached hydrogen (secondary N) is 1. The van der Waals surface area contributed by atoms with Gasteiger partial charge in [-0.1, -0.05) is 18.2 Å². The minimum absolute atomic E-state index is 0.0187. The van der Waals surface area contributed by atoms with Gasteiger partial charge in [0.25, 0.3) is 0 Å². The summed E-state index contributed by atoms with van der Waals surface area (Å²) >= 11 is 0. The highest BCUT2D eigenvalue weighted by atomic mass is 16.5. The number of ether oxygens (including phenoxy) is 1. The van der Waals surface area contributed by atoms with Gasteiger partial charge in [-0.2, -0.15) is 0 Å². The molecule has 2 saturated heterocycles. The lowest BCUT2D eigenvalue weighted by Crippen LogP contribution is -2.63. The van der Waals surface area contributed by atoms with Crippen molar-refractivity contribution in [3.05, 3.63) is 30.3 Å².